The number of para-hydroxylation sites is 1. The lowest BCUT2D eigenvalue weighted by Crippen LogP contribution is -1.87. The summed E-state index contributed by atoms with van der Waals surface area (Å²) in [5.41, 5.74) is 3.51. The third-order valence-electron chi connectivity index (χ3n) is 3.11. The van der Waals surface area contributed by atoms with Crippen molar-refractivity contribution in [3.05, 3.63) is 42.0 Å². The lowest BCUT2D eigenvalue weighted by atomic mass is 10.1. The summed E-state index contributed by atoms with van der Waals surface area (Å²) in [5.74, 6) is 0.930. The summed E-state index contributed by atoms with van der Waals surface area (Å²) in [6.07, 6.45) is 0. The van der Waals surface area contributed by atoms with E-state index in [1.54, 1.807) is 7.11 Å². The molecule has 2 aromatic carbocycles. The zero-order chi connectivity index (χ0) is 11.1. The molecule has 0 saturated heterocycles. The first-order chi connectivity index (χ1) is 7.81. The van der Waals surface area contributed by atoms with Crippen molar-refractivity contribution >= 4 is 21.8 Å². The Hall–Kier alpha value is -1.96. The molecule has 16 heavy (non-hydrogen) atoms. The van der Waals surface area contributed by atoms with Crippen LogP contribution in [0.1, 0.15) is 5.56 Å². The number of methoxy groups -OCH3 is 1. The highest BCUT2D eigenvalue weighted by atomic mass is 16.5. The standard InChI is InChI=1S/C14H13NO/c1-9-13(16-2)8-7-11-10-5-3-4-6-12(10)15-14(9)11/h3-8,15H,1-2H3. The van der Waals surface area contributed by atoms with Gasteiger partial charge in [0, 0.05) is 21.9 Å². The number of hydrogen-bond acceptors (Lipinski definition) is 1. The quantitative estimate of drug-likeness (QED) is 0.653. The van der Waals surface area contributed by atoms with Crippen LogP contribution in [-0.4, -0.2) is 12.1 Å². The summed E-state index contributed by atoms with van der Waals surface area (Å²) >= 11 is 0. The fraction of sp³-hybridized carbons (Fsp3) is 0.143. The number of aryl methyl sites for hydroxylation is 1. The highest BCUT2D eigenvalue weighted by molar-refractivity contribution is 6.08. The Balaban J connectivity index is 2.49. The van der Waals surface area contributed by atoms with Crippen LogP contribution in [0.2, 0.25) is 0 Å². The van der Waals surface area contributed by atoms with Crippen molar-refractivity contribution in [2.75, 3.05) is 7.11 Å². The van der Waals surface area contributed by atoms with Gasteiger partial charge in [-0.1, -0.05) is 18.2 Å². The van der Waals surface area contributed by atoms with Crippen LogP contribution in [0.4, 0.5) is 0 Å². The zero-order valence-corrected chi connectivity index (χ0v) is 9.37. The van der Waals surface area contributed by atoms with Gasteiger partial charge in [-0.15, -0.1) is 0 Å². The number of rotatable bonds is 1. The molecule has 1 N–H and O–H groups in total. The molecular weight excluding hydrogens is 198 g/mol. The summed E-state index contributed by atoms with van der Waals surface area (Å²) < 4.78 is 5.33. The molecule has 0 radical (unpaired) electrons. The highest BCUT2D eigenvalue weighted by Crippen LogP contribution is 2.31. The molecule has 0 aliphatic rings. The molecule has 0 fully saturated rings. The second-order valence-corrected chi connectivity index (χ2v) is 3.99. The van der Waals surface area contributed by atoms with E-state index >= 15 is 0 Å². The first-order valence-electron chi connectivity index (χ1n) is 5.35. The number of benzene rings is 2. The van der Waals surface area contributed by atoms with Gasteiger partial charge in [0.15, 0.2) is 0 Å². The van der Waals surface area contributed by atoms with E-state index < -0.39 is 0 Å². The van der Waals surface area contributed by atoms with E-state index in [1.807, 2.05) is 12.1 Å². The average molecular weight is 211 g/mol. The monoisotopic (exact) mass is 211 g/mol. The largest absolute Gasteiger partial charge is 0.496 e. The van der Waals surface area contributed by atoms with Gasteiger partial charge in [0.1, 0.15) is 5.75 Å². The Morgan fingerprint density at radius 1 is 1.00 bits per heavy atom. The molecule has 1 heterocycles. The lowest BCUT2D eigenvalue weighted by molar-refractivity contribution is 0.412. The summed E-state index contributed by atoms with van der Waals surface area (Å²) in [6.45, 7) is 2.08. The molecule has 3 aromatic rings. The van der Waals surface area contributed by atoms with Gasteiger partial charge in [0.2, 0.25) is 0 Å². The van der Waals surface area contributed by atoms with Crippen molar-refractivity contribution in [1.82, 2.24) is 4.98 Å². The lowest BCUT2D eigenvalue weighted by Gasteiger charge is -2.04. The van der Waals surface area contributed by atoms with Crippen LogP contribution in [0.25, 0.3) is 21.8 Å². The first-order valence-corrected chi connectivity index (χ1v) is 5.35. The number of nitrogens with one attached hydrogen (secondary N) is 1. The molecule has 0 amide bonds. The van der Waals surface area contributed by atoms with Crippen LogP contribution in [0.3, 0.4) is 0 Å². The van der Waals surface area contributed by atoms with E-state index in [0.29, 0.717) is 0 Å². The van der Waals surface area contributed by atoms with Crippen molar-refractivity contribution in [2.45, 2.75) is 6.92 Å². The second kappa shape index (κ2) is 3.27. The first kappa shape index (κ1) is 9.28. The smallest absolute Gasteiger partial charge is 0.123 e. The summed E-state index contributed by atoms with van der Waals surface area (Å²) in [4.78, 5) is 3.44. The minimum Gasteiger partial charge on any atom is -0.496 e. The minimum absolute atomic E-state index is 0.930. The van der Waals surface area contributed by atoms with Crippen LogP contribution in [-0.2, 0) is 0 Å². The van der Waals surface area contributed by atoms with Crippen molar-refractivity contribution in [1.29, 1.82) is 0 Å². The van der Waals surface area contributed by atoms with E-state index in [2.05, 4.69) is 36.2 Å². The topological polar surface area (TPSA) is 25.0 Å². The van der Waals surface area contributed by atoms with Gasteiger partial charge >= 0.3 is 0 Å². The SMILES string of the molecule is COc1ccc2c([nH]c3ccccc32)c1C. The van der Waals surface area contributed by atoms with Crippen molar-refractivity contribution in [3.63, 3.8) is 0 Å². The summed E-state index contributed by atoms with van der Waals surface area (Å²) in [5, 5.41) is 2.53. The van der Waals surface area contributed by atoms with Crippen LogP contribution in [0.5, 0.6) is 5.75 Å². The van der Waals surface area contributed by atoms with Crippen molar-refractivity contribution in [3.8, 4) is 5.75 Å². The van der Waals surface area contributed by atoms with E-state index in [9.17, 15) is 0 Å². The number of fused-ring (bicyclic) bond motifs is 3. The maximum absolute atomic E-state index is 5.33. The molecule has 0 unspecified atom stereocenters. The maximum atomic E-state index is 5.33. The highest BCUT2D eigenvalue weighted by Gasteiger charge is 2.08. The van der Waals surface area contributed by atoms with Crippen LogP contribution >= 0.6 is 0 Å². The predicted octanol–water partition coefficient (Wildman–Crippen LogP) is 3.64. The molecule has 0 spiro atoms. The van der Waals surface area contributed by atoms with E-state index in [1.165, 1.54) is 21.8 Å². The summed E-state index contributed by atoms with van der Waals surface area (Å²) in [6, 6.07) is 12.5. The Morgan fingerprint density at radius 2 is 1.81 bits per heavy atom. The zero-order valence-electron chi connectivity index (χ0n) is 9.37. The molecule has 0 aliphatic carbocycles. The molecule has 0 bridgehead atoms. The van der Waals surface area contributed by atoms with Crippen LogP contribution < -0.4 is 4.74 Å². The Kier molecular flexibility index (Phi) is 1.90. The Morgan fingerprint density at radius 3 is 2.62 bits per heavy atom. The van der Waals surface area contributed by atoms with Crippen LogP contribution in [0, 0.1) is 6.92 Å². The normalized spacial score (nSPS) is 11.1. The average Bonchev–Trinajstić information content (AvgIpc) is 2.69. The minimum atomic E-state index is 0.930. The fourth-order valence-corrected chi connectivity index (χ4v) is 2.26. The van der Waals surface area contributed by atoms with Gasteiger partial charge < -0.3 is 9.72 Å². The predicted molar refractivity (Wildman–Crippen MR) is 67.1 cm³/mol. The van der Waals surface area contributed by atoms with Gasteiger partial charge in [-0.2, -0.15) is 0 Å². The molecular formula is C14H13NO. The Bertz CT molecular complexity index is 667. The molecule has 2 heteroatoms. The van der Waals surface area contributed by atoms with Gasteiger partial charge in [-0.25, -0.2) is 0 Å². The Labute approximate surface area is 93.8 Å². The molecule has 1 aromatic heterocycles. The molecule has 0 aliphatic heterocycles. The van der Waals surface area contributed by atoms with E-state index in [0.717, 1.165) is 11.3 Å². The molecule has 0 atom stereocenters. The van der Waals surface area contributed by atoms with Crippen LogP contribution in [0.15, 0.2) is 36.4 Å². The second-order valence-electron chi connectivity index (χ2n) is 3.99. The number of ether oxygens (including phenoxy) is 1. The van der Waals surface area contributed by atoms with Gasteiger partial charge in [-0.3, -0.25) is 0 Å². The van der Waals surface area contributed by atoms with Gasteiger partial charge in [-0.05, 0) is 25.1 Å². The number of aromatic amines is 1. The van der Waals surface area contributed by atoms with E-state index in [4.69, 9.17) is 4.74 Å². The maximum Gasteiger partial charge on any atom is 0.123 e. The number of H-pyrrole nitrogens is 1. The molecule has 2 nitrogen and oxygen atoms in total. The van der Waals surface area contributed by atoms with Crippen molar-refractivity contribution < 1.29 is 4.74 Å². The molecule has 80 valence electrons. The summed E-state index contributed by atoms with van der Waals surface area (Å²) in [7, 11) is 1.71. The molecule has 3 rings (SSSR count). The van der Waals surface area contributed by atoms with Crippen molar-refractivity contribution in [2.24, 2.45) is 0 Å². The number of hydrogen-bond donors (Lipinski definition) is 1. The number of aromatic nitrogens is 1. The fourth-order valence-electron chi connectivity index (χ4n) is 2.26. The third-order valence-corrected chi connectivity index (χ3v) is 3.11. The third kappa shape index (κ3) is 1.13. The molecule has 0 saturated carbocycles. The van der Waals surface area contributed by atoms with Gasteiger partial charge in [0.25, 0.3) is 0 Å². The van der Waals surface area contributed by atoms with Gasteiger partial charge in [0.05, 0.1) is 12.6 Å². The van der Waals surface area contributed by atoms with E-state index in [-0.39, 0.29) is 0 Å².